The number of Topliss-reactive ketones (excluding diaryl/α,β-unsaturated/α-hetero) is 1. The van der Waals surface area contributed by atoms with Crippen molar-refractivity contribution in [3.05, 3.63) is 28.2 Å². The van der Waals surface area contributed by atoms with Crippen LogP contribution in [0.4, 0.5) is 5.69 Å². The second-order valence-electron chi connectivity index (χ2n) is 8.09. The van der Waals surface area contributed by atoms with Crippen LogP contribution < -0.4 is 16.2 Å². The Morgan fingerprint density at radius 3 is 2.67 bits per heavy atom. The van der Waals surface area contributed by atoms with E-state index in [1.807, 2.05) is 0 Å². The summed E-state index contributed by atoms with van der Waals surface area (Å²) in [7, 11) is 3.26. The minimum Gasteiger partial charge on any atom is -0.372 e. The van der Waals surface area contributed by atoms with E-state index < -0.39 is 18.0 Å². The lowest BCUT2D eigenvalue weighted by Crippen LogP contribution is -2.42. The molecule has 1 saturated carbocycles. The number of aryl methyl sites for hydroxylation is 1. The van der Waals surface area contributed by atoms with Gasteiger partial charge in [0.15, 0.2) is 0 Å². The SMILES string of the molecule is CN(C)C(=O)CNc1ccc2n(c1=O)C(C(=O)NC(C#N)CC1CCCC1=O)CC2. The van der Waals surface area contributed by atoms with Gasteiger partial charge in [0, 0.05) is 32.1 Å². The number of nitriles is 1. The fraction of sp³-hybridized carbons (Fsp3) is 0.571. The van der Waals surface area contributed by atoms with Crippen LogP contribution in [0.25, 0.3) is 0 Å². The van der Waals surface area contributed by atoms with Gasteiger partial charge in [-0.15, -0.1) is 0 Å². The van der Waals surface area contributed by atoms with E-state index in [4.69, 9.17) is 0 Å². The second kappa shape index (κ2) is 9.11. The Balaban J connectivity index is 1.71. The molecule has 0 bridgehead atoms. The van der Waals surface area contributed by atoms with Crippen molar-refractivity contribution in [3.63, 3.8) is 0 Å². The van der Waals surface area contributed by atoms with Crippen molar-refractivity contribution in [2.75, 3.05) is 26.0 Å². The number of hydrogen-bond acceptors (Lipinski definition) is 6. The Kier molecular flexibility index (Phi) is 6.55. The Morgan fingerprint density at radius 2 is 2.03 bits per heavy atom. The van der Waals surface area contributed by atoms with Crippen LogP contribution in [0.3, 0.4) is 0 Å². The lowest BCUT2D eigenvalue weighted by Gasteiger charge is -2.20. The van der Waals surface area contributed by atoms with E-state index in [-0.39, 0.29) is 35.4 Å². The molecule has 0 spiro atoms. The van der Waals surface area contributed by atoms with Gasteiger partial charge >= 0.3 is 0 Å². The third-order valence-electron chi connectivity index (χ3n) is 5.84. The zero-order chi connectivity index (χ0) is 21.8. The Hall–Kier alpha value is -3.15. The minimum atomic E-state index is -0.761. The second-order valence-corrected chi connectivity index (χ2v) is 8.09. The Morgan fingerprint density at radius 1 is 1.27 bits per heavy atom. The summed E-state index contributed by atoms with van der Waals surface area (Å²) in [4.78, 5) is 50.9. The molecule has 1 aliphatic heterocycles. The fourth-order valence-corrected chi connectivity index (χ4v) is 4.10. The predicted molar refractivity (Wildman–Crippen MR) is 110 cm³/mol. The fourth-order valence-electron chi connectivity index (χ4n) is 4.10. The number of nitrogens with zero attached hydrogens (tertiary/aromatic N) is 3. The number of nitrogens with one attached hydrogen (secondary N) is 2. The molecule has 1 aromatic heterocycles. The maximum absolute atomic E-state index is 12.9. The van der Waals surface area contributed by atoms with E-state index in [1.54, 1.807) is 26.2 Å². The number of anilines is 1. The summed E-state index contributed by atoms with van der Waals surface area (Å²) in [5, 5.41) is 15.0. The molecule has 0 aromatic carbocycles. The normalized spacial score (nSPS) is 20.9. The average molecular weight is 413 g/mol. The van der Waals surface area contributed by atoms with Gasteiger partial charge in [-0.25, -0.2) is 0 Å². The number of ketones is 1. The van der Waals surface area contributed by atoms with Crippen molar-refractivity contribution < 1.29 is 14.4 Å². The average Bonchev–Trinajstić information content (AvgIpc) is 3.33. The van der Waals surface area contributed by atoms with Gasteiger partial charge in [0.25, 0.3) is 5.56 Å². The van der Waals surface area contributed by atoms with Gasteiger partial charge in [-0.05, 0) is 44.2 Å². The maximum atomic E-state index is 12.9. The summed E-state index contributed by atoms with van der Waals surface area (Å²) >= 11 is 0. The van der Waals surface area contributed by atoms with Gasteiger partial charge in [-0.1, -0.05) is 0 Å². The number of hydrogen-bond donors (Lipinski definition) is 2. The molecule has 1 fully saturated rings. The zero-order valence-corrected chi connectivity index (χ0v) is 17.3. The van der Waals surface area contributed by atoms with E-state index in [1.165, 1.54) is 9.47 Å². The molecule has 3 atom stereocenters. The standard InChI is InChI=1S/C21H27N5O4/c1-25(2)19(28)12-23-16-8-6-15-7-9-17(26(15)21(16)30)20(29)24-14(11-22)10-13-4-3-5-18(13)27/h6,8,13-14,17,23H,3-5,7,9-10,12H2,1-2H3,(H,24,29). The molecule has 2 aliphatic rings. The number of pyridine rings is 1. The molecular formula is C21H27N5O4. The predicted octanol–water partition coefficient (Wildman–Crippen LogP) is 0.603. The molecule has 2 N–H and O–H groups in total. The zero-order valence-electron chi connectivity index (χ0n) is 17.3. The van der Waals surface area contributed by atoms with Crippen LogP contribution in [0.5, 0.6) is 0 Å². The van der Waals surface area contributed by atoms with Gasteiger partial charge in [0.1, 0.15) is 23.6 Å². The van der Waals surface area contributed by atoms with Crippen molar-refractivity contribution >= 4 is 23.3 Å². The van der Waals surface area contributed by atoms with Gasteiger partial charge in [0.2, 0.25) is 11.8 Å². The summed E-state index contributed by atoms with van der Waals surface area (Å²) in [6, 6.07) is 4.00. The highest BCUT2D eigenvalue weighted by Crippen LogP contribution is 2.27. The van der Waals surface area contributed by atoms with E-state index in [0.29, 0.717) is 25.7 Å². The third-order valence-corrected chi connectivity index (χ3v) is 5.84. The maximum Gasteiger partial charge on any atom is 0.274 e. The molecule has 1 aliphatic carbocycles. The van der Waals surface area contributed by atoms with E-state index >= 15 is 0 Å². The first kappa shape index (κ1) is 21.6. The molecule has 2 amide bonds. The topological polar surface area (TPSA) is 124 Å². The molecule has 2 heterocycles. The summed E-state index contributed by atoms with van der Waals surface area (Å²) in [5.74, 6) is -0.602. The summed E-state index contributed by atoms with van der Waals surface area (Å²) in [6.45, 7) is -0.0234. The summed E-state index contributed by atoms with van der Waals surface area (Å²) < 4.78 is 1.44. The first-order valence-corrected chi connectivity index (χ1v) is 10.2. The number of fused-ring (bicyclic) bond motifs is 1. The van der Waals surface area contributed by atoms with E-state index in [9.17, 15) is 24.4 Å². The van der Waals surface area contributed by atoms with Crippen LogP contribution in [-0.2, 0) is 20.8 Å². The molecular weight excluding hydrogens is 386 g/mol. The molecule has 1 aromatic rings. The monoisotopic (exact) mass is 413 g/mol. The van der Waals surface area contributed by atoms with Gasteiger partial charge in [-0.2, -0.15) is 5.26 Å². The first-order chi connectivity index (χ1) is 14.3. The summed E-state index contributed by atoms with van der Waals surface area (Å²) in [5.41, 5.74) is 0.627. The van der Waals surface area contributed by atoms with Crippen molar-refractivity contribution in [2.24, 2.45) is 5.92 Å². The van der Waals surface area contributed by atoms with Gasteiger partial charge in [0.05, 0.1) is 12.6 Å². The van der Waals surface area contributed by atoms with Crippen LogP contribution in [-0.4, -0.2) is 53.7 Å². The van der Waals surface area contributed by atoms with Crippen LogP contribution in [0, 0.1) is 17.2 Å². The minimum absolute atomic E-state index is 0.0234. The number of likely N-dealkylation sites (N-methyl/N-ethyl adjacent to an activating group) is 1. The molecule has 0 saturated heterocycles. The van der Waals surface area contributed by atoms with Gasteiger partial charge in [-0.3, -0.25) is 23.7 Å². The first-order valence-electron chi connectivity index (χ1n) is 10.2. The van der Waals surface area contributed by atoms with E-state index in [2.05, 4.69) is 16.7 Å². The lowest BCUT2D eigenvalue weighted by molar-refractivity contribution is -0.127. The number of carbonyl (C=O) groups excluding carboxylic acids is 3. The van der Waals surface area contributed by atoms with Crippen molar-refractivity contribution in [1.29, 1.82) is 5.26 Å². The molecule has 0 radical (unpaired) electrons. The lowest BCUT2D eigenvalue weighted by atomic mass is 9.98. The van der Waals surface area contributed by atoms with Crippen molar-refractivity contribution in [2.45, 2.75) is 50.6 Å². The highest BCUT2D eigenvalue weighted by Gasteiger charge is 2.33. The van der Waals surface area contributed by atoms with E-state index in [0.717, 1.165) is 18.5 Å². The van der Waals surface area contributed by atoms with Crippen molar-refractivity contribution in [3.8, 4) is 6.07 Å². The number of carbonyl (C=O) groups is 3. The van der Waals surface area contributed by atoms with Crippen LogP contribution in [0.2, 0.25) is 0 Å². The molecule has 3 rings (SSSR count). The van der Waals surface area contributed by atoms with Crippen LogP contribution in [0.15, 0.2) is 16.9 Å². The third kappa shape index (κ3) is 4.53. The van der Waals surface area contributed by atoms with Crippen LogP contribution >= 0.6 is 0 Å². The molecule has 9 heteroatoms. The highest BCUT2D eigenvalue weighted by molar-refractivity contribution is 5.84. The number of rotatable bonds is 7. The summed E-state index contributed by atoms with van der Waals surface area (Å²) in [6.07, 6.45) is 3.45. The molecule has 9 nitrogen and oxygen atoms in total. The quantitative estimate of drug-likeness (QED) is 0.675. The Bertz CT molecular complexity index is 946. The van der Waals surface area contributed by atoms with Crippen LogP contribution in [0.1, 0.15) is 43.8 Å². The molecule has 160 valence electrons. The Labute approximate surface area is 175 Å². The highest BCUT2D eigenvalue weighted by atomic mass is 16.2. The number of aromatic nitrogens is 1. The van der Waals surface area contributed by atoms with Gasteiger partial charge < -0.3 is 15.5 Å². The molecule has 30 heavy (non-hydrogen) atoms. The molecule has 3 unspecified atom stereocenters. The van der Waals surface area contributed by atoms with Crippen molar-refractivity contribution in [1.82, 2.24) is 14.8 Å². The largest absolute Gasteiger partial charge is 0.372 e. The number of amides is 2. The smallest absolute Gasteiger partial charge is 0.274 e.